The Labute approximate surface area is 121 Å². The van der Waals surface area contributed by atoms with Crippen molar-refractivity contribution >= 4 is 17.5 Å². The maximum atomic E-state index is 12.7. The van der Waals surface area contributed by atoms with Gasteiger partial charge in [0.15, 0.2) is 0 Å². The largest absolute Gasteiger partial charge is 0.506 e. The van der Waals surface area contributed by atoms with E-state index in [1.807, 2.05) is 0 Å². The molecule has 0 spiro atoms. The zero-order chi connectivity index (χ0) is 14.5. The van der Waals surface area contributed by atoms with Gasteiger partial charge in [-0.3, -0.25) is 4.79 Å². The van der Waals surface area contributed by atoms with E-state index in [4.69, 9.17) is 11.6 Å². The van der Waals surface area contributed by atoms with Gasteiger partial charge in [0.1, 0.15) is 11.6 Å². The number of aromatic hydroxyl groups is 1. The van der Waals surface area contributed by atoms with Gasteiger partial charge in [0.05, 0.1) is 11.4 Å². The van der Waals surface area contributed by atoms with E-state index in [-0.39, 0.29) is 28.9 Å². The molecule has 0 aliphatic carbocycles. The molecule has 0 saturated heterocycles. The first kappa shape index (κ1) is 14.3. The molecule has 0 atom stereocenters. The number of rotatable bonds is 4. The summed E-state index contributed by atoms with van der Waals surface area (Å²) in [5, 5.41) is 12.2. The van der Waals surface area contributed by atoms with Gasteiger partial charge in [-0.25, -0.2) is 4.39 Å². The number of halogens is 2. The Hall–Kier alpha value is -2.07. The molecule has 2 aromatic rings. The number of carbonyl (C=O) groups is 1. The minimum absolute atomic E-state index is 0.0119. The monoisotopic (exact) mass is 293 g/mol. The first-order chi connectivity index (χ1) is 9.54. The van der Waals surface area contributed by atoms with Crippen LogP contribution in [0, 0.1) is 5.82 Å². The highest BCUT2D eigenvalue weighted by atomic mass is 35.5. The minimum atomic E-state index is -0.307. The number of hydrogen-bond donors (Lipinski definition) is 2. The maximum absolute atomic E-state index is 12.7. The van der Waals surface area contributed by atoms with Gasteiger partial charge in [-0.05, 0) is 35.4 Å². The van der Waals surface area contributed by atoms with Gasteiger partial charge >= 0.3 is 0 Å². The van der Waals surface area contributed by atoms with Crippen LogP contribution in [0.5, 0.6) is 5.75 Å². The van der Waals surface area contributed by atoms with Gasteiger partial charge in [-0.1, -0.05) is 29.8 Å². The molecule has 20 heavy (non-hydrogen) atoms. The third-order valence-electron chi connectivity index (χ3n) is 2.78. The highest BCUT2D eigenvalue weighted by molar-refractivity contribution is 6.32. The van der Waals surface area contributed by atoms with Crippen LogP contribution in [0.4, 0.5) is 4.39 Å². The molecule has 0 fully saturated rings. The predicted octanol–water partition coefficient (Wildman–Crippen LogP) is 3.04. The molecule has 0 aromatic heterocycles. The van der Waals surface area contributed by atoms with Gasteiger partial charge in [0, 0.05) is 6.54 Å². The number of carbonyl (C=O) groups excluding carboxylic acids is 1. The lowest BCUT2D eigenvalue weighted by atomic mass is 10.1. The van der Waals surface area contributed by atoms with Gasteiger partial charge < -0.3 is 10.4 Å². The lowest BCUT2D eigenvalue weighted by molar-refractivity contribution is -0.120. The topological polar surface area (TPSA) is 49.3 Å². The fourth-order valence-electron chi connectivity index (χ4n) is 1.71. The zero-order valence-electron chi connectivity index (χ0n) is 10.6. The summed E-state index contributed by atoms with van der Waals surface area (Å²) in [5.74, 6) is -0.489. The minimum Gasteiger partial charge on any atom is -0.506 e. The van der Waals surface area contributed by atoms with Crippen LogP contribution in [-0.2, 0) is 17.8 Å². The number of phenolic OH excluding ortho intramolecular Hbond substituents is 1. The molecule has 2 N–H and O–H groups in total. The molecule has 0 saturated carbocycles. The van der Waals surface area contributed by atoms with Crippen molar-refractivity contribution in [3.63, 3.8) is 0 Å². The SMILES string of the molecule is O=C(Cc1ccc(O)c(Cl)c1)NCc1ccc(F)cc1. The van der Waals surface area contributed by atoms with E-state index in [2.05, 4.69) is 5.32 Å². The molecule has 2 rings (SSSR count). The van der Waals surface area contributed by atoms with Crippen LogP contribution in [-0.4, -0.2) is 11.0 Å². The standard InChI is InChI=1S/C15H13ClFNO2/c16-13-7-11(3-6-14(13)19)8-15(20)18-9-10-1-4-12(17)5-2-10/h1-7,19H,8-9H2,(H,18,20). The third kappa shape index (κ3) is 3.96. The van der Waals surface area contributed by atoms with E-state index < -0.39 is 0 Å². The molecule has 3 nitrogen and oxygen atoms in total. The lowest BCUT2D eigenvalue weighted by Gasteiger charge is -2.06. The fourth-order valence-corrected chi connectivity index (χ4v) is 1.91. The molecule has 0 unspecified atom stereocenters. The number of amides is 1. The molecule has 0 heterocycles. The average molecular weight is 294 g/mol. The molecule has 5 heteroatoms. The van der Waals surface area contributed by atoms with Gasteiger partial charge in [-0.15, -0.1) is 0 Å². The van der Waals surface area contributed by atoms with E-state index in [0.717, 1.165) is 5.56 Å². The Morgan fingerprint density at radius 3 is 2.45 bits per heavy atom. The lowest BCUT2D eigenvalue weighted by Crippen LogP contribution is -2.24. The van der Waals surface area contributed by atoms with E-state index in [1.54, 1.807) is 24.3 Å². The second-order valence-electron chi connectivity index (χ2n) is 4.37. The summed E-state index contributed by atoms with van der Waals surface area (Å²) in [5.41, 5.74) is 1.54. The Morgan fingerprint density at radius 2 is 1.80 bits per heavy atom. The Bertz CT molecular complexity index is 614. The van der Waals surface area contributed by atoms with Crippen molar-refractivity contribution < 1.29 is 14.3 Å². The molecular weight excluding hydrogens is 281 g/mol. The van der Waals surface area contributed by atoms with Crippen molar-refractivity contribution in [3.05, 3.63) is 64.4 Å². The summed E-state index contributed by atoms with van der Waals surface area (Å²) in [7, 11) is 0. The van der Waals surface area contributed by atoms with Crippen LogP contribution in [0.15, 0.2) is 42.5 Å². The number of phenols is 1. The van der Waals surface area contributed by atoms with Crippen molar-refractivity contribution in [1.29, 1.82) is 0 Å². The van der Waals surface area contributed by atoms with Gasteiger partial charge in [-0.2, -0.15) is 0 Å². The molecule has 0 aliphatic heterocycles. The molecule has 0 aliphatic rings. The quantitative estimate of drug-likeness (QED) is 0.910. The molecule has 104 valence electrons. The highest BCUT2D eigenvalue weighted by Gasteiger charge is 2.06. The third-order valence-corrected chi connectivity index (χ3v) is 3.08. The van der Waals surface area contributed by atoms with E-state index >= 15 is 0 Å². The fraction of sp³-hybridized carbons (Fsp3) is 0.133. The number of hydrogen-bond acceptors (Lipinski definition) is 2. The second-order valence-corrected chi connectivity index (χ2v) is 4.77. The summed E-state index contributed by atoms with van der Waals surface area (Å²) in [6.07, 6.45) is 0.168. The molecule has 2 aromatic carbocycles. The first-order valence-electron chi connectivity index (χ1n) is 6.03. The van der Waals surface area contributed by atoms with Crippen molar-refractivity contribution in [3.8, 4) is 5.75 Å². The van der Waals surface area contributed by atoms with Crippen molar-refractivity contribution in [2.45, 2.75) is 13.0 Å². The maximum Gasteiger partial charge on any atom is 0.224 e. The smallest absolute Gasteiger partial charge is 0.224 e. The average Bonchev–Trinajstić information content (AvgIpc) is 2.42. The van der Waals surface area contributed by atoms with Gasteiger partial charge in [0.2, 0.25) is 5.91 Å². The van der Waals surface area contributed by atoms with Gasteiger partial charge in [0.25, 0.3) is 0 Å². The Morgan fingerprint density at radius 1 is 1.15 bits per heavy atom. The first-order valence-corrected chi connectivity index (χ1v) is 6.41. The van der Waals surface area contributed by atoms with Crippen LogP contribution in [0.1, 0.15) is 11.1 Å². The second kappa shape index (κ2) is 6.39. The summed E-state index contributed by atoms with van der Waals surface area (Å²) >= 11 is 5.77. The van der Waals surface area contributed by atoms with Crippen LogP contribution >= 0.6 is 11.6 Å². The predicted molar refractivity (Wildman–Crippen MR) is 75.1 cm³/mol. The van der Waals surface area contributed by atoms with Crippen molar-refractivity contribution in [2.24, 2.45) is 0 Å². The molecule has 0 bridgehead atoms. The zero-order valence-corrected chi connectivity index (χ0v) is 11.3. The van der Waals surface area contributed by atoms with Crippen LogP contribution in [0.3, 0.4) is 0 Å². The summed E-state index contributed by atoms with van der Waals surface area (Å²) in [6.45, 7) is 0.338. The molecular formula is C15H13ClFNO2. The van der Waals surface area contributed by atoms with E-state index in [0.29, 0.717) is 12.1 Å². The summed E-state index contributed by atoms with van der Waals surface area (Å²) < 4.78 is 12.7. The molecule has 1 amide bonds. The van der Waals surface area contributed by atoms with Crippen LogP contribution in [0.2, 0.25) is 5.02 Å². The van der Waals surface area contributed by atoms with Crippen molar-refractivity contribution in [1.82, 2.24) is 5.32 Å². The Kier molecular flexibility index (Phi) is 4.58. The van der Waals surface area contributed by atoms with E-state index in [1.165, 1.54) is 18.2 Å². The van der Waals surface area contributed by atoms with E-state index in [9.17, 15) is 14.3 Å². The van der Waals surface area contributed by atoms with Crippen molar-refractivity contribution in [2.75, 3.05) is 0 Å². The van der Waals surface area contributed by atoms with Crippen LogP contribution < -0.4 is 5.32 Å². The summed E-state index contributed by atoms with van der Waals surface area (Å²) in [4.78, 5) is 11.8. The van der Waals surface area contributed by atoms with Crippen LogP contribution in [0.25, 0.3) is 0 Å². The highest BCUT2D eigenvalue weighted by Crippen LogP contribution is 2.23. The number of nitrogens with one attached hydrogen (secondary N) is 1. The number of benzene rings is 2. The Balaban J connectivity index is 1.89. The molecule has 0 radical (unpaired) electrons. The normalized spacial score (nSPS) is 10.3. The summed E-state index contributed by atoms with van der Waals surface area (Å²) in [6, 6.07) is 10.6.